The van der Waals surface area contributed by atoms with Crippen LogP contribution in [-0.4, -0.2) is 46.0 Å². The van der Waals surface area contributed by atoms with Gasteiger partial charge in [0.05, 0.1) is 11.5 Å². The highest BCUT2D eigenvalue weighted by Gasteiger charge is 2.25. The van der Waals surface area contributed by atoms with Crippen LogP contribution in [0.5, 0.6) is 0 Å². The fourth-order valence-corrected chi connectivity index (χ4v) is 3.00. The molecule has 1 aromatic heterocycles. The van der Waals surface area contributed by atoms with E-state index in [1.807, 2.05) is 0 Å². The molecule has 1 saturated heterocycles. The first-order chi connectivity index (χ1) is 12.1. The van der Waals surface area contributed by atoms with Crippen molar-refractivity contribution in [3.05, 3.63) is 34.0 Å². The smallest absolute Gasteiger partial charge is 0.361 e. The summed E-state index contributed by atoms with van der Waals surface area (Å²) in [6, 6.07) is 4.62. The van der Waals surface area contributed by atoms with Crippen molar-refractivity contribution in [1.29, 1.82) is 0 Å². The van der Waals surface area contributed by atoms with Crippen LogP contribution >= 0.6 is 0 Å². The van der Waals surface area contributed by atoms with Gasteiger partial charge in [-0.05, 0) is 32.3 Å². The van der Waals surface area contributed by atoms with Crippen LogP contribution in [0.1, 0.15) is 36.7 Å². The van der Waals surface area contributed by atoms with Crippen LogP contribution in [0.4, 0.5) is 11.4 Å². The highest BCUT2D eigenvalue weighted by atomic mass is 16.6. The summed E-state index contributed by atoms with van der Waals surface area (Å²) in [5.41, 5.74) is 1.55. The molecule has 25 heavy (non-hydrogen) atoms. The van der Waals surface area contributed by atoms with E-state index >= 15 is 0 Å². The number of aromatic amines is 1. The summed E-state index contributed by atoms with van der Waals surface area (Å²) in [7, 11) is 0. The number of nitrogens with zero attached hydrogens (tertiary/aromatic N) is 4. The van der Waals surface area contributed by atoms with Gasteiger partial charge in [-0.3, -0.25) is 10.1 Å². The summed E-state index contributed by atoms with van der Waals surface area (Å²) in [5, 5.41) is 21.5. The predicted molar refractivity (Wildman–Crippen MR) is 90.5 cm³/mol. The van der Waals surface area contributed by atoms with E-state index in [1.54, 1.807) is 13.0 Å². The van der Waals surface area contributed by atoms with Crippen LogP contribution in [0.3, 0.4) is 0 Å². The van der Waals surface area contributed by atoms with Gasteiger partial charge in [0.2, 0.25) is 0 Å². The summed E-state index contributed by atoms with van der Waals surface area (Å²) < 4.78 is 5.00. The molecule has 2 heterocycles. The Balaban J connectivity index is 2.09. The number of ether oxygens (including phenoxy) is 1. The van der Waals surface area contributed by atoms with Gasteiger partial charge in [-0.1, -0.05) is 0 Å². The lowest BCUT2D eigenvalue weighted by Crippen LogP contribution is -2.29. The van der Waals surface area contributed by atoms with E-state index in [0.29, 0.717) is 5.56 Å². The van der Waals surface area contributed by atoms with Crippen LogP contribution in [0.15, 0.2) is 18.2 Å². The fraction of sp³-hybridized carbons (Fsp3) is 0.438. The van der Waals surface area contributed by atoms with E-state index in [4.69, 9.17) is 4.74 Å². The van der Waals surface area contributed by atoms with Crippen molar-refractivity contribution in [2.24, 2.45) is 0 Å². The fourth-order valence-electron chi connectivity index (χ4n) is 3.00. The molecule has 0 aliphatic carbocycles. The van der Waals surface area contributed by atoms with Gasteiger partial charge in [-0.25, -0.2) is 4.79 Å². The molecule has 0 amide bonds. The molecule has 9 nitrogen and oxygen atoms in total. The van der Waals surface area contributed by atoms with Crippen LogP contribution < -0.4 is 4.90 Å². The number of nitrogens with one attached hydrogen (secondary N) is 1. The first-order valence-electron chi connectivity index (χ1n) is 8.23. The molecule has 1 aromatic carbocycles. The molecule has 0 bridgehead atoms. The van der Waals surface area contributed by atoms with E-state index in [0.717, 1.165) is 38.0 Å². The molecule has 1 aliphatic heterocycles. The zero-order chi connectivity index (χ0) is 17.8. The van der Waals surface area contributed by atoms with Crippen LogP contribution in [0.25, 0.3) is 11.3 Å². The predicted octanol–water partition coefficient (Wildman–Crippen LogP) is 2.55. The average molecular weight is 345 g/mol. The number of H-pyrrole nitrogens is 1. The quantitative estimate of drug-likeness (QED) is 0.503. The second kappa shape index (κ2) is 7.29. The third-order valence-corrected chi connectivity index (χ3v) is 4.16. The van der Waals surface area contributed by atoms with Crippen LogP contribution in [0, 0.1) is 10.1 Å². The number of esters is 1. The Labute approximate surface area is 144 Å². The van der Waals surface area contributed by atoms with Crippen molar-refractivity contribution >= 4 is 17.3 Å². The van der Waals surface area contributed by atoms with E-state index < -0.39 is 10.9 Å². The molecule has 0 spiro atoms. The minimum absolute atomic E-state index is 0.0283. The van der Waals surface area contributed by atoms with E-state index in [2.05, 4.69) is 20.3 Å². The van der Waals surface area contributed by atoms with Crippen LogP contribution in [0.2, 0.25) is 0 Å². The Hall–Kier alpha value is -2.97. The number of nitro groups is 1. The second-order valence-electron chi connectivity index (χ2n) is 5.75. The van der Waals surface area contributed by atoms with Gasteiger partial charge in [0, 0.05) is 36.5 Å². The van der Waals surface area contributed by atoms with Crippen molar-refractivity contribution in [2.45, 2.75) is 26.2 Å². The minimum atomic E-state index is -0.609. The Bertz CT molecular complexity index is 783. The zero-order valence-electron chi connectivity index (χ0n) is 13.9. The highest BCUT2D eigenvalue weighted by molar-refractivity contribution is 5.96. The molecule has 0 atom stereocenters. The molecule has 1 N–H and O–H groups in total. The Kier molecular flexibility index (Phi) is 4.92. The van der Waals surface area contributed by atoms with E-state index in [1.165, 1.54) is 12.1 Å². The van der Waals surface area contributed by atoms with Gasteiger partial charge < -0.3 is 9.64 Å². The molecule has 0 unspecified atom stereocenters. The summed E-state index contributed by atoms with van der Waals surface area (Å²) in [5.74, 6) is -0.609. The summed E-state index contributed by atoms with van der Waals surface area (Å²) in [6.07, 6.45) is 3.27. The Morgan fingerprint density at radius 2 is 2.08 bits per heavy atom. The SMILES string of the molecule is CCOC(=O)c1n[nH]nc1-c1cc([N+](=O)[O-])ccc1N1CCCCC1. The number of aromatic nitrogens is 3. The maximum atomic E-state index is 12.1. The molecule has 3 rings (SSSR count). The lowest BCUT2D eigenvalue weighted by Gasteiger charge is -2.30. The lowest BCUT2D eigenvalue weighted by molar-refractivity contribution is -0.384. The average Bonchev–Trinajstić information content (AvgIpc) is 3.12. The molecule has 9 heteroatoms. The number of anilines is 1. The lowest BCUT2D eigenvalue weighted by atomic mass is 10.0. The number of carbonyl (C=O) groups excluding carboxylic acids is 1. The normalized spacial score (nSPS) is 14.4. The summed E-state index contributed by atoms with van der Waals surface area (Å²) in [4.78, 5) is 25.0. The molecule has 132 valence electrons. The number of rotatable bonds is 5. The maximum absolute atomic E-state index is 12.1. The number of piperidine rings is 1. The number of hydrogen-bond acceptors (Lipinski definition) is 7. The summed E-state index contributed by atoms with van der Waals surface area (Å²) in [6.45, 7) is 3.62. The summed E-state index contributed by atoms with van der Waals surface area (Å²) >= 11 is 0. The van der Waals surface area contributed by atoms with Gasteiger partial charge in [-0.15, -0.1) is 5.10 Å². The van der Waals surface area contributed by atoms with Gasteiger partial charge in [0.15, 0.2) is 5.69 Å². The molecular formula is C16H19N5O4. The molecule has 0 saturated carbocycles. The molecular weight excluding hydrogens is 326 g/mol. The molecule has 1 fully saturated rings. The number of non-ortho nitro benzene ring substituents is 1. The Morgan fingerprint density at radius 3 is 2.76 bits per heavy atom. The highest BCUT2D eigenvalue weighted by Crippen LogP contribution is 2.35. The van der Waals surface area contributed by atoms with Crippen molar-refractivity contribution < 1.29 is 14.5 Å². The minimum Gasteiger partial charge on any atom is -0.461 e. The second-order valence-corrected chi connectivity index (χ2v) is 5.75. The number of hydrogen-bond donors (Lipinski definition) is 1. The van der Waals surface area contributed by atoms with Crippen molar-refractivity contribution in [2.75, 3.05) is 24.6 Å². The topological polar surface area (TPSA) is 114 Å². The number of nitro benzene ring substituents is 1. The van der Waals surface area contributed by atoms with Crippen molar-refractivity contribution in [3.63, 3.8) is 0 Å². The number of carbonyl (C=O) groups is 1. The van der Waals surface area contributed by atoms with Crippen molar-refractivity contribution in [3.8, 4) is 11.3 Å². The largest absolute Gasteiger partial charge is 0.461 e. The monoisotopic (exact) mass is 345 g/mol. The van der Waals surface area contributed by atoms with Crippen LogP contribution in [-0.2, 0) is 4.74 Å². The van der Waals surface area contributed by atoms with Gasteiger partial charge in [0.25, 0.3) is 5.69 Å². The zero-order valence-corrected chi connectivity index (χ0v) is 13.9. The first kappa shape index (κ1) is 16.9. The van der Waals surface area contributed by atoms with Gasteiger partial charge in [-0.2, -0.15) is 10.3 Å². The third-order valence-electron chi connectivity index (χ3n) is 4.16. The van der Waals surface area contributed by atoms with E-state index in [9.17, 15) is 14.9 Å². The Morgan fingerprint density at radius 1 is 1.32 bits per heavy atom. The van der Waals surface area contributed by atoms with Gasteiger partial charge in [0.1, 0.15) is 5.69 Å². The third kappa shape index (κ3) is 3.44. The molecule has 0 radical (unpaired) electrons. The van der Waals surface area contributed by atoms with Gasteiger partial charge >= 0.3 is 5.97 Å². The first-order valence-corrected chi connectivity index (χ1v) is 8.23. The van der Waals surface area contributed by atoms with E-state index in [-0.39, 0.29) is 23.7 Å². The molecule has 2 aromatic rings. The standard InChI is InChI=1S/C16H19N5O4/c1-2-25-16(22)15-14(17-19-18-15)12-10-11(21(23)24)6-7-13(12)20-8-4-3-5-9-20/h6-7,10H,2-5,8-9H2,1H3,(H,17,18,19). The number of benzene rings is 1. The molecule has 1 aliphatic rings. The van der Waals surface area contributed by atoms with Crippen molar-refractivity contribution in [1.82, 2.24) is 15.4 Å². The maximum Gasteiger partial charge on any atom is 0.361 e.